The number of phenolic OH excluding ortho intramolecular Hbond substituents is 1. The van der Waals surface area contributed by atoms with Gasteiger partial charge in [-0.2, -0.15) is 0 Å². The lowest BCUT2D eigenvalue weighted by Gasteiger charge is -2.01. The Bertz CT molecular complexity index is 314. The van der Waals surface area contributed by atoms with Crippen molar-refractivity contribution >= 4 is 24.1 Å². The quantitative estimate of drug-likeness (QED) is 0.409. The molecule has 5 heteroatoms. The fourth-order valence-electron chi connectivity index (χ4n) is 0.799. The molecule has 1 rings (SSSR count). The summed E-state index contributed by atoms with van der Waals surface area (Å²) in [6.45, 7) is 0. The second kappa shape index (κ2) is 4.57. The molecule has 0 radical (unpaired) electrons. The van der Waals surface area contributed by atoms with Gasteiger partial charge < -0.3 is 15.6 Å². The maximum atomic E-state index is 10.9. The smallest absolute Gasteiger partial charge is 0.337 e. The number of aromatic hydroxyl groups is 1. The molecule has 0 aliphatic heterocycles. The highest BCUT2D eigenvalue weighted by Gasteiger charge is 2.06. The highest BCUT2D eigenvalue weighted by atomic mass is 35.5. The van der Waals surface area contributed by atoms with Crippen LogP contribution < -0.4 is 5.73 Å². The minimum atomic E-state index is -0.471. The second-order valence-corrected chi connectivity index (χ2v) is 2.27. The normalized spacial score (nSPS) is 8.69. The maximum Gasteiger partial charge on any atom is 0.337 e. The first-order valence-electron chi connectivity index (χ1n) is 3.32. The van der Waals surface area contributed by atoms with Gasteiger partial charge in [0.15, 0.2) is 0 Å². The van der Waals surface area contributed by atoms with Crippen LogP contribution >= 0.6 is 12.4 Å². The Morgan fingerprint density at radius 1 is 1.54 bits per heavy atom. The summed E-state index contributed by atoms with van der Waals surface area (Å²) in [7, 11) is 1.28. The molecule has 0 aliphatic rings. The van der Waals surface area contributed by atoms with Crippen LogP contribution in [-0.2, 0) is 4.74 Å². The average molecular weight is 204 g/mol. The van der Waals surface area contributed by atoms with Crippen LogP contribution in [-0.4, -0.2) is 18.2 Å². The van der Waals surface area contributed by atoms with Crippen molar-refractivity contribution in [2.24, 2.45) is 0 Å². The van der Waals surface area contributed by atoms with Crippen molar-refractivity contribution in [3.63, 3.8) is 0 Å². The standard InChI is InChI=1S/C8H9NO3.ClH/c1-12-8(11)5-2-3-7(10)6(9)4-5;/h2-4,10H,9H2,1H3;1H. The molecule has 0 saturated heterocycles. The van der Waals surface area contributed by atoms with Crippen LogP contribution in [0.1, 0.15) is 10.4 Å². The SMILES string of the molecule is COC(=O)c1ccc(O)c(N)c1.Cl. The predicted molar refractivity (Wildman–Crippen MR) is 51.1 cm³/mol. The number of ether oxygens (including phenoxy) is 1. The molecular formula is C8H10ClNO3. The van der Waals surface area contributed by atoms with Crippen LogP contribution in [0.2, 0.25) is 0 Å². The van der Waals surface area contributed by atoms with E-state index in [0.29, 0.717) is 5.56 Å². The zero-order valence-corrected chi connectivity index (χ0v) is 7.80. The third kappa shape index (κ3) is 2.52. The maximum absolute atomic E-state index is 10.9. The average Bonchev–Trinajstić information content (AvgIpc) is 2.08. The number of nitrogen functional groups attached to an aromatic ring is 1. The van der Waals surface area contributed by atoms with Crippen LogP contribution in [0.15, 0.2) is 18.2 Å². The third-order valence-electron chi connectivity index (χ3n) is 1.45. The summed E-state index contributed by atoms with van der Waals surface area (Å²) in [5.41, 5.74) is 5.85. The number of rotatable bonds is 1. The monoisotopic (exact) mass is 203 g/mol. The minimum absolute atomic E-state index is 0. The van der Waals surface area contributed by atoms with E-state index in [1.165, 1.54) is 25.3 Å². The Morgan fingerprint density at radius 2 is 2.15 bits per heavy atom. The van der Waals surface area contributed by atoms with E-state index >= 15 is 0 Å². The Kier molecular flexibility index (Phi) is 4.07. The summed E-state index contributed by atoms with van der Waals surface area (Å²) in [4.78, 5) is 10.9. The second-order valence-electron chi connectivity index (χ2n) is 2.27. The zero-order valence-electron chi connectivity index (χ0n) is 6.98. The van der Waals surface area contributed by atoms with Gasteiger partial charge in [-0.25, -0.2) is 4.79 Å². The van der Waals surface area contributed by atoms with E-state index in [4.69, 9.17) is 10.8 Å². The number of anilines is 1. The molecule has 0 unspecified atom stereocenters. The molecule has 4 nitrogen and oxygen atoms in total. The summed E-state index contributed by atoms with van der Waals surface area (Å²) >= 11 is 0. The number of hydrogen-bond donors (Lipinski definition) is 2. The number of phenols is 1. The topological polar surface area (TPSA) is 72.5 Å². The van der Waals surface area contributed by atoms with Crippen LogP contribution in [0, 0.1) is 0 Å². The molecule has 1 aromatic rings. The van der Waals surface area contributed by atoms with E-state index in [1.54, 1.807) is 0 Å². The number of esters is 1. The fourth-order valence-corrected chi connectivity index (χ4v) is 0.799. The number of benzene rings is 1. The van der Waals surface area contributed by atoms with Gasteiger partial charge >= 0.3 is 5.97 Å². The van der Waals surface area contributed by atoms with Crippen LogP contribution in [0.3, 0.4) is 0 Å². The van der Waals surface area contributed by atoms with Crippen LogP contribution in [0.5, 0.6) is 5.75 Å². The van der Waals surface area contributed by atoms with Crippen molar-refractivity contribution in [2.45, 2.75) is 0 Å². The molecule has 0 saturated carbocycles. The molecule has 1 aromatic carbocycles. The van der Waals surface area contributed by atoms with Crippen molar-refractivity contribution in [1.29, 1.82) is 0 Å². The Hall–Kier alpha value is -1.42. The van der Waals surface area contributed by atoms with E-state index in [0.717, 1.165) is 0 Å². The van der Waals surface area contributed by atoms with E-state index in [-0.39, 0.29) is 23.8 Å². The number of carbonyl (C=O) groups excluding carboxylic acids is 1. The lowest BCUT2D eigenvalue weighted by molar-refractivity contribution is 0.0601. The summed E-state index contributed by atoms with van der Waals surface area (Å²) in [6, 6.07) is 4.15. The van der Waals surface area contributed by atoms with Gasteiger partial charge in [0.25, 0.3) is 0 Å². The van der Waals surface area contributed by atoms with Gasteiger partial charge in [-0.1, -0.05) is 0 Å². The molecule has 0 spiro atoms. The Morgan fingerprint density at radius 3 is 2.62 bits per heavy atom. The summed E-state index contributed by atoms with van der Waals surface area (Å²) < 4.78 is 4.45. The first-order valence-corrected chi connectivity index (χ1v) is 3.32. The lowest BCUT2D eigenvalue weighted by atomic mass is 10.2. The summed E-state index contributed by atoms with van der Waals surface area (Å²) in [6.07, 6.45) is 0. The number of hydrogen-bond acceptors (Lipinski definition) is 4. The van der Waals surface area contributed by atoms with Gasteiger partial charge in [-0.05, 0) is 18.2 Å². The van der Waals surface area contributed by atoms with Crippen molar-refractivity contribution < 1.29 is 14.6 Å². The number of halogens is 1. The predicted octanol–water partition coefficient (Wildman–Crippen LogP) is 1.18. The number of carbonyl (C=O) groups is 1. The van der Waals surface area contributed by atoms with E-state index in [9.17, 15) is 4.79 Å². The summed E-state index contributed by atoms with van der Waals surface area (Å²) in [5.74, 6) is -0.510. The van der Waals surface area contributed by atoms with Crippen LogP contribution in [0.4, 0.5) is 5.69 Å². The molecule has 0 aromatic heterocycles. The van der Waals surface area contributed by atoms with E-state index in [1.807, 2.05) is 0 Å². The molecule has 0 bridgehead atoms. The molecule has 0 fully saturated rings. The molecule has 13 heavy (non-hydrogen) atoms. The number of nitrogens with two attached hydrogens (primary N) is 1. The van der Waals surface area contributed by atoms with Gasteiger partial charge in [0.2, 0.25) is 0 Å². The molecule has 0 aliphatic carbocycles. The lowest BCUT2D eigenvalue weighted by Crippen LogP contribution is -2.01. The molecule has 0 amide bonds. The zero-order chi connectivity index (χ0) is 9.14. The first kappa shape index (κ1) is 11.6. The molecule has 0 atom stereocenters. The number of methoxy groups -OCH3 is 1. The van der Waals surface area contributed by atoms with Gasteiger partial charge in [0.1, 0.15) is 5.75 Å². The highest BCUT2D eigenvalue weighted by Crippen LogP contribution is 2.20. The fraction of sp³-hybridized carbons (Fsp3) is 0.125. The Labute approximate surface area is 81.7 Å². The van der Waals surface area contributed by atoms with Crippen LogP contribution in [0.25, 0.3) is 0 Å². The first-order chi connectivity index (χ1) is 5.65. The van der Waals surface area contributed by atoms with Gasteiger partial charge in [-0.15, -0.1) is 12.4 Å². The van der Waals surface area contributed by atoms with Gasteiger partial charge in [0.05, 0.1) is 18.4 Å². The summed E-state index contributed by atoms with van der Waals surface area (Å²) in [5, 5.41) is 9.02. The largest absolute Gasteiger partial charge is 0.506 e. The van der Waals surface area contributed by atoms with Crippen molar-refractivity contribution in [1.82, 2.24) is 0 Å². The van der Waals surface area contributed by atoms with Gasteiger partial charge in [-0.3, -0.25) is 0 Å². The molecule has 0 heterocycles. The molecular weight excluding hydrogens is 194 g/mol. The third-order valence-corrected chi connectivity index (χ3v) is 1.45. The molecule has 3 N–H and O–H groups in total. The van der Waals surface area contributed by atoms with Gasteiger partial charge in [0, 0.05) is 0 Å². The minimum Gasteiger partial charge on any atom is -0.506 e. The Balaban J connectivity index is 0.00000144. The highest BCUT2D eigenvalue weighted by molar-refractivity contribution is 5.90. The van der Waals surface area contributed by atoms with Crippen molar-refractivity contribution in [2.75, 3.05) is 12.8 Å². The molecule has 72 valence electrons. The van der Waals surface area contributed by atoms with E-state index < -0.39 is 5.97 Å². The van der Waals surface area contributed by atoms with Crippen molar-refractivity contribution in [3.05, 3.63) is 23.8 Å². The van der Waals surface area contributed by atoms with Crippen molar-refractivity contribution in [3.8, 4) is 5.75 Å². The van der Waals surface area contributed by atoms with E-state index in [2.05, 4.69) is 4.74 Å².